The molecular formula is C84H77BrF3N9O6. The lowest BCUT2D eigenvalue weighted by Gasteiger charge is -2.46. The third-order valence-electron chi connectivity index (χ3n) is 23.4. The van der Waals surface area contributed by atoms with Crippen LogP contribution in [0.1, 0.15) is 159 Å². The molecule has 0 bridgehead atoms. The highest BCUT2D eigenvalue weighted by molar-refractivity contribution is 9.10. The molecule has 103 heavy (non-hydrogen) atoms. The van der Waals surface area contributed by atoms with Gasteiger partial charge in [-0.25, -0.2) is 27.2 Å². The number of nitrogens with two attached hydrogens (primary N) is 3. The molecular weight excluding hydrogens is 1370 g/mol. The molecule has 0 aliphatic heterocycles. The third kappa shape index (κ3) is 12.1. The first-order valence-corrected chi connectivity index (χ1v) is 36.0. The van der Waals surface area contributed by atoms with Crippen molar-refractivity contribution in [3.05, 3.63) is 264 Å². The second-order valence-corrected chi connectivity index (χ2v) is 29.9. The number of aryl methyl sites for hydroxylation is 1. The van der Waals surface area contributed by atoms with E-state index in [1.165, 1.54) is 53.1 Å². The summed E-state index contributed by atoms with van der Waals surface area (Å²) < 4.78 is 47.4. The smallest absolute Gasteiger partial charge is 0.249 e. The van der Waals surface area contributed by atoms with Gasteiger partial charge in [0.1, 0.15) is 28.7 Å². The number of carbonyl (C=O) groups excluding carboxylic acids is 3. The molecule has 0 radical (unpaired) electrons. The molecule has 15 nitrogen and oxygen atoms in total. The molecule has 3 amide bonds. The molecule has 9 aromatic rings. The Morgan fingerprint density at radius 2 is 0.903 bits per heavy atom. The zero-order chi connectivity index (χ0) is 71.8. The lowest BCUT2D eigenvalue weighted by atomic mass is 9.61. The Labute approximate surface area is 603 Å². The number of aliphatic hydroxyl groups is 3. The van der Waals surface area contributed by atoms with Gasteiger partial charge in [-0.2, -0.15) is 15.3 Å². The Hall–Kier alpha value is -10.2. The van der Waals surface area contributed by atoms with E-state index < -0.39 is 39.9 Å². The van der Waals surface area contributed by atoms with Crippen molar-refractivity contribution in [3.8, 4) is 41.2 Å². The van der Waals surface area contributed by atoms with Crippen LogP contribution >= 0.6 is 15.9 Å². The summed E-state index contributed by atoms with van der Waals surface area (Å²) >= 11 is 3.20. The maximum Gasteiger partial charge on any atom is 0.249 e. The van der Waals surface area contributed by atoms with Crippen molar-refractivity contribution < 1.29 is 42.9 Å². The summed E-state index contributed by atoms with van der Waals surface area (Å²) in [7, 11) is 0. The molecule has 6 atom stereocenters. The van der Waals surface area contributed by atoms with Crippen LogP contribution in [-0.4, -0.2) is 79.2 Å². The number of rotatable bonds is 12. The van der Waals surface area contributed by atoms with Crippen LogP contribution in [0.25, 0.3) is 35.3 Å². The van der Waals surface area contributed by atoms with E-state index in [9.17, 15) is 42.9 Å². The molecule has 522 valence electrons. The van der Waals surface area contributed by atoms with E-state index in [0.29, 0.717) is 95.6 Å². The number of hydrogen-bond donors (Lipinski definition) is 6. The van der Waals surface area contributed by atoms with Crippen molar-refractivity contribution in [3.63, 3.8) is 0 Å². The fourth-order valence-electron chi connectivity index (χ4n) is 18.1. The summed E-state index contributed by atoms with van der Waals surface area (Å²) in [4.78, 5) is 34.4. The number of nitrogens with zero attached hydrogens (tertiary/aromatic N) is 6. The number of terminal acetylenes is 1. The molecule has 0 saturated heterocycles. The monoisotopic (exact) mass is 1440 g/mol. The largest absolute Gasteiger partial charge is 0.389 e. The summed E-state index contributed by atoms with van der Waals surface area (Å²) in [6, 6.07) is 40.8. The van der Waals surface area contributed by atoms with Crippen LogP contribution in [0.5, 0.6) is 0 Å². The zero-order valence-electron chi connectivity index (χ0n) is 56.6. The molecule has 0 unspecified atom stereocenters. The standard InChI is InChI=1S/C28H28FN3O2.C28H24FN3O2.C21H19FN2O.C7H6BrNO/c2*29-22-5-3-6-23(15-22)32-25-14-21-11-13-27(34,12-10-18-4-1-2-7-24(18)26(30)33)28(21,20-8-9-20)16-19(25)17-31-32;1-2-20(25)9-8-16-10-19-14(12-21(16,20)15-6-7-15)13-23-24(19)18-5-3-4-17(22)11-18;8-6-4-2-1-3-5(6)7(9)10/h1-7,14-15,17,20,34H,8-13,16H2,(H2,30,33);1-7,14-15,17,20,34H,8-9,11,13,16H2,(H2,30,33);1,3-5,10-11,13,15,25H,6-9,12H2;1-4H,(H2,9,10)/t2*27-,28+;20-,21+;/m000./s1. The second kappa shape index (κ2) is 26.6. The van der Waals surface area contributed by atoms with Gasteiger partial charge in [0.15, 0.2) is 0 Å². The van der Waals surface area contributed by atoms with Crippen molar-refractivity contribution in [1.29, 1.82) is 0 Å². The zero-order valence-corrected chi connectivity index (χ0v) is 58.2. The summed E-state index contributed by atoms with van der Waals surface area (Å²) in [5, 5.41) is 49.0. The molecule has 9 N–H and O–H groups in total. The van der Waals surface area contributed by atoms with Crippen LogP contribution in [0.2, 0.25) is 0 Å². The maximum atomic E-state index is 13.9. The summed E-state index contributed by atoms with van der Waals surface area (Å²) in [6.07, 6.45) is 31.8. The van der Waals surface area contributed by atoms with Gasteiger partial charge in [-0.3, -0.25) is 14.4 Å². The Morgan fingerprint density at radius 1 is 0.505 bits per heavy atom. The average Bonchev–Trinajstić information content (AvgIpc) is 1.55. The van der Waals surface area contributed by atoms with Crippen LogP contribution in [0.4, 0.5) is 13.2 Å². The van der Waals surface area contributed by atoms with E-state index >= 15 is 0 Å². The molecule has 3 heterocycles. The topological polar surface area (TPSA) is 243 Å². The lowest BCUT2D eigenvalue weighted by molar-refractivity contribution is -0.0661. The summed E-state index contributed by atoms with van der Waals surface area (Å²) in [5.41, 5.74) is 26.6. The molecule has 18 rings (SSSR count). The minimum Gasteiger partial charge on any atom is -0.389 e. The third-order valence-corrected chi connectivity index (χ3v) is 24.1. The fraction of sp³-hybridized carbons (Fsp3) is 0.310. The van der Waals surface area contributed by atoms with Crippen LogP contribution in [0.3, 0.4) is 0 Å². The van der Waals surface area contributed by atoms with Gasteiger partial charge in [0.05, 0.1) is 69.5 Å². The normalized spacial score (nSPS) is 25.0. The van der Waals surface area contributed by atoms with Crippen molar-refractivity contribution in [2.75, 3.05) is 0 Å². The van der Waals surface area contributed by atoms with Gasteiger partial charge < -0.3 is 32.5 Å². The molecule has 19 heteroatoms. The van der Waals surface area contributed by atoms with Gasteiger partial charge in [0.2, 0.25) is 17.7 Å². The Kier molecular flexibility index (Phi) is 17.7. The number of carbonyl (C=O) groups is 3. The highest BCUT2D eigenvalue weighted by Crippen LogP contribution is 2.68. The van der Waals surface area contributed by atoms with Crippen molar-refractivity contribution in [1.82, 2.24) is 29.3 Å². The molecule has 9 aliphatic carbocycles. The average molecular weight is 1450 g/mol. The second-order valence-electron chi connectivity index (χ2n) is 29.0. The van der Waals surface area contributed by atoms with Crippen molar-refractivity contribution >= 4 is 51.9 Å². The first kappa shape index (κ1) is 68.6. The number of halogens is 4. The van der Waals surface area contributed by atoms with Gasteiger partial charge in [0.25, 0.3) is 0 Å². The van der Waals surface area contributed by atoms with Crippen LogP contribution in [0.15, 0.2) is 185 Å². The number of benzene rings is 6. The van der Waals surface area contributed by atoms with E-state index in [-0.39, 0.29) is 28.3 Å². The molecule has 6 fully saturated rings. The minimum atomic E-state index is -1.22. The lowest BCUT2D eigenvalue weighted by Crippen LogP contribution is -2.49. The Balaban J connectivity index is 0.000000118. The summed E-state index contributed by atoms with van der Waals surface area (Å²) in [6.45, 7) is 0. The van der Waals surface area contributed by atoms with Gasteiger partial charge in [-0.1, -0.05) is 95.1 Å². The van der Waals surface area contributed by atoms with Crippen molar-refractivity contribution in [2.24, 2.45) is 51.2 Å². The van der Waals surface area contributed by atoms with Gasteiger partial charge in [0, 0.05) is 31.8 Å². The van der Waals surface area contributed by atoms with Gasteiger partial charge in [-0.05, 0) is 268 Å². The molecule has 9 aliphatic rings. The molecule has 6 aromatic carbocycles. The molecule has 6 saturated carbocycles. The van der Waals surface area contributed by atoms with Gasteiger partial charge >= 0.3 is 0 Å². The van der Waals surface area contributed by atoms with Crippen LogP contribution < -0.4 is 17.2 Å². The SMILES string of the molecule is C#C[C@]1(O)CCC2=Cc3c(cnn3-c3cccc(F)c3)C[C@@]21C1CC1.NC(=O)c1ccccc1Br.NC(=O)c1ccccc1C#C[C@]1(O)CCC2=Cc3c(cnn3-c3cccc(F)c3)C[C@@]21C1CC1.NC(=O)c1ccccc1CC[C@]1(O)CCC2=Cc3c(cnn3-c3cccc(F)c3)C[C@@]21C1CC1. The van der Waals surface area contributed by atoms with Crippen LogP contribution in [0, 0.1) is 75.6 Å². The van der Waals surface area contributed by atoms with Crippen LogP contribution in [-0.2, 0) is 25.7 Å². The Bertz CT molecular complexity index is 5140. The first-order chi connectivity index (χ1) is 49.6. The van der Waals surface area contributed by atoms with Crippen molar-refractivity contribution in [2.45, 2.75) is 126 Å². The van der Waals surface area contributed by atoms with E-state index in [2.05, 4.69) is 67.2 Å². The van der Waals surface area contributed by atoms with E-state index in [0.717, 1.165) is 114 Å². The number of aromatic nitrogens is 6. The minimum absolute atomic E-state index is 0.278. The quantitative estimate of drug-likeness (QED) is 0.0636. The number of primary amides is 3. The fourth-order valence-corrected chi connectivity index (χ4v) is 18.6. The molecule has 0 spiro atoms. The predicted molar refractivity (Wildman–Crippen MR) is 390 cm³/mol. The van der Waals surface area contributed by atoms with E-state index in [4.69, 9.17) is 23.6 Å². The highest BCUT2D eigenvalue weighted by Gasteiger charge is 2.66. The van der Waals surface area contributed by atoms with E-state index in [1.54, 1.807) is 70.0 Å². The highest BCUT2D eigenvalue weighted by atomic mass is 79.9. The number of hydrogen-bond acceptors (Lipinski definition) is 9. The molecule has 3 aromatic heterocycles. The maximum absolute atomic E-state index is 13.9. The Morgan fingerprint density at radius 3 is 1.35 bits per heavy atom. The van der Waals surface area contributed by atoms with E-state index in [1.807, 2.05) is 71.8 Å². The summed E-state index contributed by atoms with van der Waals surface area (Å²) in [5.74, 6) is 7.99. The predicted octanol–water partition coefficient (Wildman–Crippen LogP) is 13.7. The number of fused-ring (bicyclic) bond motifs is 6. The van der Waals surface area contributed by atoms with Gasteiger partial charge in [-0.15, -0.1) is 6.42 Å². The number of amides is 3. The first-order valence-electron chi connectivity index (χ1n) is 35.2.